The average Bonchev–Trinajstić information content (AvgIpc) is 2.85. The molecule has 0 aliphatic carbocycles. The largest absolute Gasteiger partial charge is 0.503 e. The monoisotopic (exact) mass is 362 g/mol. The van der Waals surface area contributed by atoms with Gasteiger partial charge in [-0.05, 0) is 50.6 Å². The van der Waals surface area contributed by atoms with E-state index in [0.29, 0.717) is 11.6 Å². The minimum Gasteiger partial charge on any atom is -0.503 e. The summed E-state index contributed by atoms with van der Waals surface area (Å²) in [6.07, 6.45) is 3.60. The molecule has 0 radical (unpaired) electrons. The van der Waals surface area contributed by atoms with Crippen molar-refractivity contribution in [3.05, 3.63) is 46.2 Å². The average molecular weight is 363 g/mol. The fraction of sp³-hybridized carbons (Fsp3) is 0.474. The normalized spacial score (nSPS) is 21.9. The summed E-state index contributed by atoms with van der Waals surface area (Å²) in [5.74, 6) is -1.21. The summed E-state index contributed by atoms with van der Waals surface area (Å²) in [6.45, 7) is 4.65. The minimum atomic E-state index is -0.575. The maximum atomic E-state index is 12.6. The Bertz CT molecular complexity index is 710. The van der Waals surface area contributed by atoms with Gasteiger partial charge in [0.1, 0.15) is 0 Å². The molecule has 1 atom stereocenters. The molecule has 1 fully saturated rings. The maximum Gasteiger partial charge on any atom is 0.290 e. The van der Waals surface area contributed by atoms with Gasteiger partial charge in [-0.1, -0.05) is 30.2 Å². The fourth-order valence-electron chi connectivity index (χ4n) is 3.70. The number of carbonyl (C=O) groups excluding carboxylic acids is 2. The SMILES string of the molecule is CC(=O)C1=C(O)C(=O)N(CCN2CCCCC2)C1c1cccc(Cl)c1. The van der Waals surface area contributed by atoms with E-state index in [9.17, 15) is 14.7 Å². The Morgan fingerprint density at radius 2 is 1.96 bits per heavy atom. The number of hydrogen-bond donors (Lipinski definition) is 1. The van der Waals surface area contributed by atoms with Crippen LogP contribution in [-0.2, 0) is 9.59 Å². The van der Waals surface area contributed by atoms with Crippen LogP contribution < -0.4 is 0 Å². The number of nitrogens with zero attached hydrogens (tertiary/aromatic N) is 2. The third kappa shape index (κ3) is 3.72. The Morgan fingerprint density at radius 1 is 1.24 bits per heavy atom. The van der Waals surface area contributed by atoms with E-state index >= 15 is 0 Å². The van der Waals surface area contributed by atoms with Crippen LogP contribution in [0.1, 0.15) is 37.8 Å². The summed E-state index contributed by atoms with van der Waals surface area (Å²) in [4.78, 5) is 28.6. The highest BCUT2D eigenvalue weighted by Crippen LogP contribution is 2.38. The number of aliphatic hydroxyl groups excluding tert-OH is 1. The highest BCUT2D eigenvalue weighted by molar-refractivity contribution is 6.30. The topological polar surface area (TPSA) is 60.9 Å². The molecule has 0 saturated carbocycles. The smallest absolute Gasteiger partial charge is 0.290 e. The third-order valence-corrected chi connectivity index (χ3v) is 5.19. The van der Waals surface area contributed by atoms with Gasteiger partial charge in [0.15, 0.2) is 11.5 Å². The fourth-order valence-corrected chi connectivity index (χ4v) is 3.90. The first-order valence-electron chi connectivity index (χ1n) is 8.72. The first-order valence-corrected chi connectivity index (χ1v) is 9.09. The lowest BCUT2D eigenvalue weighted by Crippen LogP contribution is -2.40. The summed E-state index contributed by atoms with van der Waals surface area (Å²) >= 11 is 6.09. The highest BCUT2D eigenvalue weighted by atomic mass is 35.5. The standard InChI is InChI=1S/C19H23ClN2O3/c1-13(23)16-17(14-6-5-7-15(20)12-14)22(19(25)18(16)24)11-10-21-8-3-2-4-9-21/h5-7,12,17,24H,2-4,8-11H2,1H3. The van der Waals surface area contributed by atoms with E-state index in [0.717, 1.165) is 25.2 Å². The molecule has 1 saturated heterocycles. The molecule has 0 aromatic heterocycles. The molecule has 1 unspecified atom stereocenters. The van der Waals surface area contributed by atoms with Gasteiger partial charge in [0, 0.05) is 18.1 Å². The number of Topliss-reactive ketones (excluding diaryl/α,β-unsaturated/α-hetero) is 1. The van der Waals surface area contributed by atoms with Crippen molar-refractivity contribution in [1.82, 2.24) is 9.80 Å². The third-order valence-electron chi connectivity index (χ3n) is 4.95. The van der Waals surface area contributed by atoms with E-state index < -0.39 is 17.7 Å². The van der Waals surface area contributed by atoms with Crippen molar-refractivity contribution < 1.29 is 14.7 Å². The first kappa shape index (κ1) is 18.0. The number of carbonyl (C=O) groups is 2. The van der Waals surface area contributed by atoms with E-state index in [1.54, 1.807) is 23.1 Å². The molecule has 1 N–H and O–H groups in total. The van der Waals surface area contributed by atoms with Crippen LogP contribution in [-0.4, -0.2) is 52.8 Å². The summed E-state index contributed by atoms with van der Waals surface area (Å²) in [6, 6.07) is 6.54. The molecular formula is C19H23ClN2O3. The number of piperidine rings is 1. The van der Waals surface area contributed by atoms with Crippen LogP contribution in [0.15, 0.2) is 35.6 Å². The number of amides is 1. The quantitative estimate of drug-likeness (QED) is 0.874. The Hall–Kier alpha value is -1.85. The van der Waals surface area contributed by atoms with Crippen molar-refractivity contribution in [3.63, 3.8) is 0 Å². The summed E-state index contributed by atoms with van der Waals surface area (Å²) in [5.41, 5.74) is 0.902. The van der Waals surface area contributed by atoms with Crippen molar-refractivity contribution >= 4 is 23.3 Å². The Kier molecular flexibility index (Phi) is 5.45. The van der Waals surface area contributed by atoms with Gasteiger partial charge in [-0.2, -0.15) is 0 Å². The van der Waals surface area contributed by atoms with Gasteiger partial charge in [0.2, 0.25) is 0 Å². The van der Waals surface area contributed by atoms with Crippen LogP contribution in [0.2, 0.25) is 5.02 Å². The Balaban J connectivity index is 1.87. The van der Waals surface area contributed by atoms with Crippen LogP contribution >= 0.6 is 11.6 Å². The number of hydrogen-bond acceptors (Lipinski definition) is 4. The molecular weight excluding hydrogens is 340 g/mol. The molecule has 3 rings (SSSR count). The molecule has 1 amide bonds. The summed E-state index contributed by atoms with van der Waals surface area (Å²) in [7, 11) is 0. The van der Waals surface area contributed by atoms with E-state index in [4.69, 9.17) is 11.6 Å². The number of likely N-dealkylation sites (tertiary alicyclic amines) is 1. The van der Waals surface area contributed by atoms with Crippen LogP contribution in [0.3, 0.4) is 0 Å². The second-order valence-electron chi connectivity index (χ2n) is 6.68. The van der Waals surface area contributed by atoms with Gasteiger partial charge in [-0.25, -0.2) is 0 Å². The highest BCUT2D eigenvalue weighted by Gasteiger charge is 2.42. The molecule has 2 aliphatic heterocycles. The lowest BCUT2D eigenvalue weighted by molar-refractivity contribution is -0.129. The molecule has 0 spiro atoms. The van der Waals surface area contributed by atoms with Crippen molar-refractivity contribution in [1.29, 1.82) is 0 Å². The van der Waals surface area contributed by atoms with Gasteiger partial charge in [0.25, 0.3) is 5.91 Å². The van der Waals surface area contributed by atoms with Crippen molar-refractivity contribution in [2.45, 2.75) is 32.2 Å². The lowest BCUT2D eigenvalue weighted by Gasteiger charge is -2.31. The number of rotatable bonds is 5. The van der Waals surface area contributed by atoms with E-state index in [1.807, 2.05) is 6.07 Å². The van der Waals surface area contributed by atoms with Crippen molar-refractivity contribution in [3.8, 4) is 0 Å². The summed E-state index contributed by atoms with van der Waals surface area (Å²) in [5, 5.41) is 10.8. The second-order valence-corrected chi connectivity index (χ2v) is 7.11. The number of halogens is 1. The number of ketones is 1. The lowest BCUT2D eigenvalue weighted by atomic mass is 9.97. The van der Waals surface area contributed by atoms with Gasteiger partial charge in [-0.3, -0.25) is 9.59 Å². The number of benzene rings is 1. The van der Waals surface area contributed by atoms with Gasteiger partial charge < -0.3 is 14.9 Å². The second kappa shape index (κ2) is 7.58. The zero-order valence-corrected chi connectivity index (χ0v) is 15.1. The Morgan fingerprint density at radius 3 is 2.60 bits per heavy atom. The predicted octanol–water partition coefficient (Wildman–Crippen LogP) is 3.11. The van der Waals surface area contributed by atoms with Crippen LogP contribution in [0.5, 0.6) is 0 Å². The van der Waals surface area contributed by atoms with Gasteiger partial charge in [0.05, 0.1) is 11.6 Å². The molecule has 25 heavy (non-hydrogen) atoms. The maximum absolute atomic E-state index is 12.6. The van der Waals surface area contributed by atoms with E-state index in [-0.39, 0.29) is 11.4 Å². The molecule has 6 heteroatoms. The van der Waals surface area contributed by atoms with Crippen molar-refractivity contribution in [2.75, 3.05) is 26.2 Å². The predicted molar refractivity (Wildman–Crippen MR) is 96.5 cm³/mol. The van der Waals surface area contributed by atoms with Crippen LogP contribution in [0.25, 0.3) is 0 Å². The molecule has 2 aliphatic rings. The zero-order chi connectivity index (χ0) is 18.0. The van der Waals surface area contributed by atoms with E-state index in [1.165, 1.54) is 26.2 Å². The van der Waals surface area contributed by atoms with Crippen molar-refractivity contribution in [2.24, 2.45) is 0 Å². The molecule has 1 aromatic carbocycles. The molecule has 0 bridgehead atoms. The molecule has 2 heterocycles. The Labute approximate surface area is 152 Å². The van der Waals surface area contributed by atoms with Crippen LogP contribution in [0, 0.1) is 0 Å². The van der Waals surface area contributed by atoms with Crippen LogP contribution in [0.4, 0.5) is 0 Å². The van der Waals surface area contributed by atoms with E-state index in [2.05, 4.69) is 4.90 Å². The summed E-state index contributed by atoms with van der Waals surface area (Å²) < 4.78 is 0. The van der Waals surface area contributed by atoms with Gasteiger partial charge in [-0.15, -0.1) is 0 Å². The first-order chi connectivity index (χ1) is 12.0. The molecule has 5 nitrogen and oxygen atoms in total. The molecule has 134 valence electrons. The zero-order valence-electron chi connectivity index (χ0n) is 14.4. The number of aliphatic hydroxyl groups is 1. The molecule has 1 aromatic rings. The van der Waals surface area contributed by atoms with Gasteiger partial charge >= 0.3 is 0 Å². The minimum absolute atomic E-state index is 0.158.